The van der Waals surface area contributed by atoms with Gasteiger partial charge in [-0.3, -0.25) is 15.0 Å². The molecule has 2 fully saturated rings. The van der Waals surface area contributed by atoms with Crippen LogP contribution in [0.2, 0.25) is 0 Å². The molecule has 32 heavy (non-hydrogen) atoms. The van der Waals surface area contributed by atoms with Crippen molar-refractivity contribution in [2.24, 2.45) is 0 Å². The van der Waals surface area contributed by atoms with Crippen molar-refractivity contribution in [1.29, 1.82) is 0 Å². The number of imide groups is 1. The maximum absolute atomic E-state index is 13.2. The molecule has 3 rings (SSSR count). The number of hydrogen-bond acceptors (Lipinski definition) is 5. The van der Waals surface area contributed by atoms with Crippen molar-refractivity contribution < 1.29 is 28.2 Å². The van der Waals surface area contributed by atoms with E-state index in [0.717, 1.165) is 11.1 Å². The number of urea groups is 1. The van der Waals surface area contributed by atoms with Crippen molar-refractivity contribution in [3.05, 3.63) is 29.3 Å². The quantitative estimate of drug-likeness (QED) is 0.577. The Hall–Kier alpha value is -2.26. The fourth-order valence-corrected chi connectivity index (χ4v) is 5.96. The van der Waals surface area contributed by atoms with Crippen molar-refractivity contribution in [3.63, 3.8) is 0 Å². The van der Waals surface area contributed by atoms with Crippen molar-refractivity contribution in [2.45, 2.75) is 75.5 Å². The smallest absolute Gasteiger partial charge is 0.321 e. The molecule has 7 nitrogen and oxygen atoms in total. The number of alkyl halides is 2. The summed E-state index contributed by atoms with van der Waals surface area (Å²) in [4.78, 5) is 24.5. The van der Waals surface area contributed by atoms with Gasteiger partial charge in [0.25, 0.3) is 6.43 Å². The summed E-state index contributed by atoms with van der Waals surface area (Å²) in [6, 6.07) is 4.57. The summed E-state index contributed by atoms with van der Waals surface area (Å²) in [6.07, 6.45) is -0.583. The normalized spacial score (nSPS) is 32.8. The molecular weight excluding hydrogens is 420 g/mol. The van der Waals surface area contributed by atoms with Gasteiger partial charge in [-0.15, -0.1) is 0 Å². The molecule has 2 aliphatic rings. The summed E-state index contributed by atoms with van der Waals surface area (Å²) in [5.74, 6) is 0.643. The molecule has 1 saturated heterocycles. The molecule has 1 heterocycles. The molecule has 3 amide bonds. The minimum absolute atomic E-state index is 0.308. The van der Waals surface area contributed by atoms with E-state index in [0.29, 0.717) is 44.4 Å². The average molecular weight is 454 g/mol. The van der Waals surface area contributed by atoms with E-state index in [2.05, 4.69) is 10.6 Å². The lowest BCUT2D eigenvalue weighted by Gasteiger charge is -2.63. The van der Waals surface area contributed by atoms with Crippen LogP contribution in [0, 0.1) is 6.92 Å². The fraction of sp³-hybridized carbons (Fsp3) is 0.652. The highest BCUT2D eigenvalue weighted by Gasteiger charge is 2.63. The summed E-state index contributed by atoms with van der Waals surface area (Å²) >= 11 is 0. The zero-order valence-corrected chi connectivity index (χ0v) is 19.1. The number of piperidine rings is 1. The third kappa shape index (κ3) is 4.20. The van der Waals surface area contributed by atoms with Crippen LogP contribution in [0.5, 0.6) is 5.75 Å². The minimum atomic E-state index is -2.49. The number of hydrogen-bond donors (Lipinski definition) is 3. The van der Waals surface area contributed by atoms with Crippen molar-refractivity contribution >= 4 is 12.4 Å². The van der Waals surface area contributed by atoms with Crippen LogP contribution in [0.25, 0.3) is 0 Å². The van der Waals surface area contributed by atoms with Gasteiger partial charge in [-0.25, -0.2) is 13.6 Å². The summed E-state index contributed by atoms with van der Waals surface area (Å²) in [5, 5.41) is 17.2. The molecule has 0 aromatic heterocycles. The molecule has 4 atom stereocenters. The topological polar surface area (TPSA) is 90.9 Å². The molecule has 3 N–H and O–H groups in total. The van der Waals surface area contributed by atoms with Gasteiger partial charge in [0.1, 0.15) is 5.75 Å². The Morgan fingerprint density at radius 3 is 2.72 bits per heavy atom. The lowest BCUT2D eigenvalue weighted by Crippen LogP contribution is -2.73. The number of fused-ring (bicyclic) bond motifs is 1. The average Bonchev–Trinajstić information content (AvgIpc) is 2.72. The van der Waals surface area contributed by atoms with Crippen LogP contribution in [0.3, 0.4) is 0 Å². The molecule has 0 radical (unpaired) electrons. The van der Waals surface area contributed by atoms with Crippen LogP contribution in [0.15, 0.2) is 18.2 Å². The predicted molar refractivity (Wildman–Crippen MR) is 116 cm³/mol. The van der Waals surface area contributed by atoms with Gasteiger partial charge in [-0.2, -0.15) is 0 Å². The molecule has 1 saturated carbocycles. The third-order valence-electron chi connectivity index (χ3n) is 7.58. The SMILES string of the molecule is COc1ccc(C)c(C23CCN(CC(F)F)C(C)C2(O)CCC(C)(NC(=O)NC=O)C3)c1. The number of ether oxygens (including phenoxy) is 1. The van der Waals surface area contributed by atoms with E-state index < -0.39 is 41.6 Å². The molecule has 1 aliphatic heterocycles. The van der Waals surface area contributed by atoms with E-state index in [9.17, 15) is 23.5 Å². The van der Waals surface area contributed by atoms with Crippen molar-refractivity contribution in [2.75, 3.05) is 20.2 Å². The summed E-state index contributed by atoms with van der Waals surface area (Å²) < 4.78 is 31.9. The minimum Gasteiger partial charge on any atom is -0.497 e. The number of carbonyl (C=O) groups excluding carboxylic acids is 2. The third-order valence-corrected chi connectivity index (χ3v) is 7.58. The largest absolute Gasteiger partial charge is 0.497 e. The zero-order valence-electron chi connectivity index (χ0n) is 19.1. The first-order chi connectivity index (χ1) is 15.0. The number of aliphatic hydroxyl groups is 1. The number of nitrogens with zero attached hydrogens (tertiary/aromatic N) is 1. The standard InChI is InChI=1S/C23H33F2N3O4/c1-15-5-6-17(32-4)11-18(15)22-9-10-28(12-19(24)25)16(2)23(22,31)8-7-21(3,13-22)27-20(30)26-14-29/h5-6,11,14,16,19,31H,7-10,12-13H2,1-4H3,(H2,26,27,29,30). The molecule has 1 aromatic rings. The second kappa shape index (κ2) is 8.94. The molecule has 9 heteroatoms. The number of halogens is 2. The van der Waals surface area contributed by atoms with Gasteiger partial charge >= 0.3 is 6.03 Å². The molecule has 178 valence electrons. The Bertz CT molecular complexity index is 870. The lowest BCUT2D eigenvalue weighted by molar-refractivity contribution is -0.171. The van der Waals surface area contributed by atoms with E-state index in [-0.39, 0.29) is 0 Å². The molecule has 0 spiro atoms. The highest BCUT2D eigenvalue weighted by molar-refractivity contribution is 5.84. The summed E-state index contributed by atoms with van der Waals surface area (Å²) in [5.41, 5.74) is -0.948. The van der Waals surface area contributed by atoms with Crippen LogP contribution in [0.4, 0.5) is 13.6 Å². The van der Waals surface area contributed by atoms with E-state index in [1.165, 1.54) is 0 Å². The van der Waals surface area contributed by atoms with E-state index in [1.54, 1.807) is 18.9 Å². The second-order valence-electron chi connectivity index (χ2n) is 9.45. The van der Waals surface area contributed by atoms with Crippen molar-refractivity contribution in [3.8, 4) is 5.75 Å². The Kier molecular flexibility index (Phi) is 6.81. The first-order valence-electron chi connectivity index (χ1n) is 10.9. The van der Waals surface area contributed by atoms with Crippen LogP contribution >= 0.6 is 0 Å². The Balaban J connectivity index is 2.11. The number of methoxy groups -OCH3 is 1. The first kappa shape index (κ1) is 24.4. The maximum Gasteiger partial charge on any atom is 0.321 e. The van der Waals surface area contributed by atoms with E-state index in [1.807, 2.05) is 32.0 Å². The molecule has 1 aromatic carbocycles. The first-order valence-corrected chi connectivity index (χ1v) is 10.9. The van der Waals surface area contributed by atoms with Crippen LogP contribution in [0.1, 0.15) is 50.7 Å². The van der Waals surface area contributed by atoms with Crippen LogP contribution < -0.4 is 15.4 Å². The number of nitrogens with one attached hydrogen (secondary N) is 2. The summed E-state index contributed by atoms with van der Waals surface area (Å²) in [7, 11) is 1.57. The fourth-order valence-electron chi connectivity index (χ4n) is 5.96. The van der Waals surface area contributed by atoms with Crippen LogP contribution in [-0.4, -0.2) is 66.3 Å². The van der Waals surface area contributed by atoms with Gasteiger partial charge in [0.2, 0.25) is 6.41 Å². The highest BCUT2D eigenvalue weighted by Crippen LogP contribution is 2.57. The van der Waals surface area contributed by atoms with E-state index >= 15 is 0 Å². The zero-order chi connectivity index (χ0) is 23.7. The van der Waals surface area contributed by atoms with Gasteiger partial charge < -0.3 is 15.2 Å². The summed E-state index contributed by atoms with van der Waals surface area (Å²) in [6.45, 7) is 5.65. The van der Waals surface area contributed by atoms with Gasteiger partial charge in [0.05, 0.1) is 19.3 Å². The van der Waals surface area contributed by atoms with Crippen molar-refractivity contribution in [1.82, 2.24) is 15.5 Å². The molecule has 0 bridgehead atoms. The Morgan fingerprint density at radius 1 is 1.38 bits per heavy atom. The Morgan fingerprint density at radius 2 is 2.09 bits per heavy atom. The molecule has 4 unspecified atom stereocenters. The van der Waals surface area contributed by atoms with Gasteiger partial charge in [-0.1, -0.05) is 6.07 Å². The number of benzene rings is 1. The lowest BCUT2D eigenvalue weighted by atomic mass is 9.50. The second-order valence-corrected chi connectivity index (χ2v) is 9.45. The number of rotatable bonds is 6. The monoisotopic (exact) mass is 453 g/mol. The molecule has 1 aliphatic carbocycles. The van der Waals surface area contributed by atoms with Gasteiger partial charge in [0.15, 0.2) is 0 Å². The number of likely N-dealkylation sites (tertiary alicyclic amines) is 1. The number of aryl methyl sites for hydroxylation is 1. The van der Waals surface area contributed by atoms with Gasteiger partial charge in [-0.05, 0) is 76.3 Å². The number of amides is 3. The molecular formula is C23H33F2N3O4. The number of carbonyl (C=O) groups is 2. The highest BCUT2D eigenvalue weighted by atomic mass is 19.3. The Labute approximate surface area is 187 Å². The van der Waals surface area contributed by atoms with Gasteiger partial charge in [0, 0.05) is 17.0 Å². The predicted octanol–water partition coefficient (Wildman–Crippen LogP) is 2.73. The maximum atomic E-state index is 13.2. The van der Waals surface area contributed by atoms with E-state index in [4.69, 9.17) is 4.74 Å². The van der Waals surface area contributed by atoms with Crippen LogP contribution in [-0.2, 0) is 10.2 Å².